The zero-order valence-electron chi connectivity index (χ0n) is 14.0. The molecule has 3 rings (SSSR count). The number of hydrogen-bond donors (Lipinski definition) is 0. The SMILES string of the molecule is Cc1ccc(S(=O)(=O)N2C[C@@H](C)N(S(=O)(=O)c3ccccc3)C2)cc1. The fourth-order valence-electron chi connectivity index (χ4n) is 2.81. The topological polar surface area (TPSA) is 74.8 Å². The number of nitrogens with zero attached hydrogens (tertiary/aromatic N) is 2. The van der Waals surface area contributed by atoms with Gasteiger partial charge in [0, 0.05) is 12.6 Å². The Morgan fingerprint density at radius 2 is 1.40 bits per heavy atom. The van der Waals surface area contributed by atoms with E-state index in [-0.39, 0.29) is 23.0 Å². The molecule has 1 heterocycles. The van der Waals surface area contributed by atoms with E-state index in [1.807, 2.05) is 6.92 Å². The van der Waals surface area contributed by atoms with Crippen LogP contribution in [-0.2, 0) is 20.0 Å². The van der Waals surface area contributed by atoms with Gasteiger partial charge in [-0.05, 0) is 38.1 Å². The lowest BCUT2D eigenvalue weighted by atomic mass is 10.2. The van der Waals surface area contributed by atoms with Gasteiger partial charge in [-0.1, -0.05) is 35.9 Å². The van der Waals surface area contributed by atoms with Crippen molar-refractivity contribution in [2.75, 3.05) is 13.2 Å². The van der Waals surface area contributed by atoms with Crippen LogP contribution in [-0.4, -0.2) is 44.7 Å². The molecule has 134 valence electrons. The molecule has 2 aromatic rings. The lowest BCUT2D eigenvalue weighted by Gasteiger charge is -2.20. The van der Waals surface area contributed by atoms with Crippen molar-refractivity contribution in [3.8, 4) is 0 Å². The molecule has 1 aliphatic heterocycles. The Bertz CT molecular complexity index is 955. The Kier molecular flexibility index (Phi) is 4.72. The second-order valence-electron chi connectivity index (χ2n) is 6.15. The molecule has 2 aromatic carbocycles. The first-order valence-corrected chi connectivity index (χ1v) is 10.7. The van der Waals surface area contributed by atoms with Crippen LogP contribution in [0.25, 0.3) is 0 Å². The van der Waals surface area contributed by atoms with E-state index < -0.39 is 26.1 Å². The van der Waals surface area contributed by atoms with Gasteiger partial charge in [0.1, 0.15) is 0 Å². The molecule has 0 bridgehead atoms. The third kappa shape index (κ3) is 3.35. The molecule has 8 heteroatoms. The maximum absolute atomic E-state index is 12.8. The van der Waals surface area contributed by atoms with Crippen LogP contribution in [0, 0.1) is 6.92 Å². The standard InChI is InChI=1S/C17H20N2O4S2/c1-14-8-10-17(11-9-14)24(20,21)18-12-15(2)19(13-18)25(22,23)16-6-4-3-5-7-16/h3-11,15H,12-13H2,1-2H3/t15-/m1/s1. The molecule has 25 heavy (non-hydrogen) atoms. The molecule has 1 aliphatic rings. The molecule has 0 N–H and O–H groups in total. The lowest BCUT2D eigenvalue weighted by Crippen LogP contribution is -2.36. The Morgan fingerprint density at radius 1 is 0.840 bits per heavy atom. The molecule has 0 amide bonds. The summed E-state index contributed by atoms with van der Waals surface area (Å²) in [5.41, 5.74) is 0.960. The Hall–Kier alpha value is -1.74. The Balaban J connectivity index is 1.90. The minimum absolute atomic E-state index is 0.127. The van der Waals surface area contributed by atoms with Gasteiger partial charge in [0.05, 0.1) is 16.5 Å². The van der Waals surface area contributed by atoms with Gasteiger partial charge in [0.2, 0.25) is 20.0 Å². The van der Waals surface area contributed by atoms with E-state index in [1.54, 1.807) is 49.4 Å². The van der Waals surface area contributed by atoms with E-state index >= 15 is 0 Å². The van der Waals surface area contributed by atoms with Gasteiger partial charge in [-0.2, -0.15) is 8.61 Å². The average molecular weight is 380 g/mol. The van der Waals surface area contributed by atoms with Gasteiger partial charge in [0.15, 0.2) is 0 Å². The van der Waals surface area contributed by atoms with Crippen molar-refractivity contribution >= 4 is 20.0 Å². The number of rotatable bonds is 4. The predicted molar refractivity (Wildman–Crippen MR) is 94.9 cm³/mol. The molecule has 1 saturated heterocycles. The summed E-state index contributed by atoms with van der Waals surface area (Å²) < 4.78 is 53.7. The van der Waals surface area contributed by atoms with Crippen molar-refractivity contribution in [3.05, 3.63) is 60.2 Å². The van der Waals surface area contributed by atoms with E-state index in [2.05, 4.69) is 0 Å². The van der Waals surface area contributed by atoms with Crippen LogP contribution < -0.4 is 0 Å². The monoisotopic (exact) mass is 380 g/mol. The molecule has 6 nitrogen and oxygen atoms in total. The highest BCUT2D eigenvalue weighted by Gasteiger charge is 2.41. The number of aryl methyl sites for hydroxylation is 1. The largest absolute Gasteiger partial charge is 0.244 e. The fraction of sp³-hybridized carbons (Fsp3) is 0.294. The van der Waals surface area contributed by atoms with E-state index in [0.29, 0.717) is 0 Å². The van der Waals surface area contributed by atoms with Crippen LogP contribution in [0.3, 0.4) is 0 Å². The molecule has 0 spiro atoms. The van der Waals surface area contributed by atoms with Crippen LogP contribution in [0.15, 0.2) is 64.4 Å². The second-order valence-corrected chi connectivity index (χ2v) is 9.98. The van der Waals surface area contributed by atoms with Gasteiger partial charge in [0.25, 0.3) is 0 Å². The van der Waals surface area contributed by atoms with Crippen LogP contribution in [0.5, 0.6) is 0 Å². The highest BCUT2D eigenvalue weighted by atomic mass is 32.2. The molecule has 0 aliphatic carbocycles. The normalized spacial score (nSPS) is 20.0. The first kappa shape index (κ1) is 18.1. The van der Waals surface area contributed by atoms with Crippen LogP contribution >= 0.6 is 0 Å². The summed E-state index contributed by atoms with van der Waals surface area (Å²) in [6.45, 7) is 3.53. The third-order valence-corrected chi connectivity index (χ3v) is 8.04. The van der Waals surface area contributed by atoms with Crippen molar-refractivity contribution in [1.29, 1.82) is 0 Å². The highest BCUT2D eigenvalue weighted by Crippen LogP contribution is 2.27. The zero-order valence-corrected chi connectivity index (χ0v) is 15.7. The minimum atomic E-state index is -3.74. The quantitative estimate of drug-likeness (QED) is 0.813. The summed E-state index contributed by atoms with van der Waals surface area (Å²) in [5, 5.41) is 0. The summed E-state index contributed by atoms with van der Waals surface area (Å²) in [5.74, 6) is 0. The average Bonchev–Trinajstić information content (AvgIpc) is 2.99. The van der Waals surface area contributed by atoms with E-state index in [9.17, 15) is 16.8 Å². The Morgan fingerprint density at radius 3 is 2.00 bits per heavy atom. The van der Waals surface area contributed by atoms with Gasteiger partial charge < -0.3 is 0 Å². The molecule has 1 atom stereocenters. The van der Waals surface area contributed by atoms with E-state index in [4.69, 9.17) is 0 Å². The first-order valence-electron chi connectivity index (χ1n) is 7.86. The smallest absolute Gasteiger partial charge is 0.207 e. The van der Waals surface area contributed by atoms with Crippen molar-refractivity contribution in [2.24, 2.45) is 0 Å². The van der Waals surface area contributed by atoms with Crippen LogP contribution in [0.2, 0.25) is 0 Å². The second kappa shape index (κ2) is 6.53. The van der Waals surface area contributed by atoms with E-state index in [1.165, 1.54) is 20.7 Å². The van der Waals surface area contributed by atoms with E-state index in [0.717, 1.165) is 5.56 Å². The van der Waals surface area contributed by atoms with Crippen LogP contribution in [0.1, 0.15) is 12.5 Å². The number of sulfonamides is 2. The lowest BCUT2D eigenvalue weighted by molar-refractivity contribution is 0.390. The van der Waals surface area contributed by atoms with Gasteiger partial charge in [-0.25, -0.2) is 16.8 Å². The van der Waals surface area contributed by atoms with Crippen molar-refractivity contribution in [3.63, 3.8) is 0 Å². The molecule has 0 aromatic heterocycles. The third-order valence-electron chi connectivity index (χ3n) is 4.27. The highest BCUT2D eigenvalue weighted by molar-refractivity contribution is 7.90. The van der Waals surface area contributed by atoms with Crippen molar-refractivity contribution < 1.29 is 16.8 Å². The van der Waals surface area contributed by atoms with Gasteiger partial charge >= 0.3 is 0 Å². The first-order chi connectivity index (χ1) is 11.7. The molecule has 0 saturated carbocycles. The van der Waals surface area contributed by atoms with Crippen molar-refractivity contribution in [2.45, 2.75) is 29.7 Å². The number of hydrogen-bond acceptors (Lipinski definition) is 4. The van der Waals surface area contributed by atoms with Crippen LogP contribution in [0.4, 0.5) is 0 Å². The number of benzene rings is 2. The summed E-state index contributed by atoms with van der Waals surface area (Å²) in [6, 6.07) is 14.2. The summed E-state index contributed by atoms with van der Waals surface area (Å²) >= 11 is 0. The molecule has 1 fully saturated rings. The zero-order chi connectivity index (χ0) is 18.2. The van der Waals surface area contributed by atoms with Crippen molar-refractivity contribution in [1.82, 2.24) is 8.61 Å². The Labute approximate surface area is 148 Å². The molecular weight excluding hydrogens is 360 g/mol. The summed E-state index contributed by atoms with van der Waals surface area (Å²) in [6.07, 6.45) is 0. The summed E-state index contributed by atoms with van der Waals surface area (Å²) in [4.78, 5) is 0.334. The predicted octanol–water partition coefficient (Wildman–Crippen LogP) is 2.04. The molecule has 0 unspecified atom stereocenters. The molecular formula is C17H20N2O4S2. The van der Waals surface area contributed by atoms with Gasteiger partial charge in [-0.15, -0.1) is 0 Å². The summed E-state index contributed by atoms with van der Waals surface area (Å²) in [7, 11) is -7.48. The minimum Gasteiger partial charge on any atom is -0.207 e. The fourth-order valence-corrected chi connectivity index (χ4v) is 5.96. The maximum atomic E-state index is 12.8. The van der Waals surface area contributed by atoms with Gasteiger partial charge in [-0.3, -0.25) is 0 Å². The maximum Gasteiger partial charge on any atom is 0.244 e. The molecule has 0 radical (unpaired) electrons.